The van der Waals surface area contributed by atoms with E-state index in [4.69, 9.17) is 0 Å². The lowest BCUT2D eigenvalue weighted by molar-refractivity contribution is 0.590. The molecule has 2 aliphatic rings. The van der Waals surface area contributed by atoms with E-state index in [1.807, 2.05) is 12.1 Å². The van der Waals surface area contributed by atoms with Gasteiger partial charge in [-0.1, -0.05) is 250 Å². The first kappa shape index (κ1) is 67.7. The van der Waals surface area contributed by atoms with Crippen molar-refractivity contribution in [2.45, 2.75) is 78.6 Å². The molecule has 112 heavy (non-hydrogen) atoms. The molecule has 20 rings (SSSR count). The number of hydrogen-bond donors (Lipinski definition) is 0. The summed E-state index contributed by atoms with van der Waals surface area (Å²) < 4.78 is 7.24. The van der Waals surface area contributed by atoms with Crippen LogP contribution in [0.2, 0.25) is 0 Å². The van der Waals surface area contributed by atoms with Gasteiger partial charge in [0.2, 0.25) is 0 Å². The number of fused-ring (bicyclic) bond motifs is 13. The van der Waals surface area contributed by atoms with Crippen LogP contribution in [0.3, 0.4) is 0 Å². The topological polar surface area (TPSA) is 68.8 Å². The van der Waals surface area contributed by atoms with Crippen molar-refractivity contribution in [3.8, 4) is 73.7 Å². The number of nitrogens with zero attached hydrogens (tertiary/aromatic N) is 7. The molecule has 0 bridgehead atoms. The van der Waals surface area contributed by atoms with E-state index in [1.165, 1.54) is 27.5 Å². The second-order valence-electron chi connectivity index (χ2n) is 33.5. The van der Waals surface area contributed by atoms with Gasteiger partial charge in [0.05, 0.1) is 73.4 Å². The molecule has 0 amide bonds. The van der Waals surface area contributed by atoms with Gasteiger partial charge in [-0.2, -0.15) is 10.5 Å². The number of aromatic nitrogens is 3. The molecule has 2 aliphatic heterocycles. The van der Waals surface area contributed by atoms with Crippen molar-refractivity contribution in [1.82, 2.24) is 13.7 Å². The highest BCUT2D eigenvalue weighted by molar-refractivity contribution is 7.00. The molecule has 0 saturated carbocycles. The molecular weight excluding hydrogens is 1360 g/mol. The van der Waals surface area contributed by atoms with Crippen LogP contribution >= 0.6 is 0 Å². The maximum atomic E-state index is 11.9. The fraction of sp³-hybridized carbons (Fsp3) is 0.115. The Labute approximate surface area is 654 Å². The van der Waals surface area contributed by atoms with Crippen molar-refractivity contribution in [2.75, 3.05) is 9.80 Å². The van der Waals surface area contributed by atoms with Gasteiger partial charge in [-0.05, 0) is 205 Å². The van der Waals surface area contributed by atoms with Crippen molar-refractivity contribution >= 4 is 123 Å². The van der Waals surface area contributed by atoms with Gasteiger partial charge in [-0.25, -0.2) is 0 Å². The number of nitriles is 2. The third-order valence-electron chi connectivity index (χ3n) is 23.8. The van der Waals surface area contributed by atoms with Gasteiger partial charge in [-0.15, -0.1) is 0 Å². The predicted molar refractivity (Wildman–Crippen MR) is 471 cm³/mol. The molecule has 8 heteroatoms. The minimum Gasteiger partial charge on any atom is -0.311 e. The maximum absolute atomic E-state index is 11.9. The quantitative estimate of drug-likeness (QED) is 0.135. The zero-order valence-corrected chi connectivity index (χ0v) is 64.3. The summed E-state index contributed by atoms with van der Waals surface area (Å²) in [5.74, 6) is 0. The number of benzene rings is 15. The normalized spacial score (nSPS) is 12.8. The second-order valence-corrected chi connectivity index (χ2v) is 33.5. The monoisotopic (exact) mass is 1440 g/mol. The highest BCUT2D eigenvalue weighted by atomic mass is 15.2. The van der Waals surface area contributed by atoms with E-state index in [0.717, 1.165) is 167 Å². The van der Waals surface area contributed by atoms with E-state index < -0.39 is 0 Å². The van der Waals surface area contributed by atoms with Crippen molar-refractivity contribution in [1.29, 1.82) is 10.5 Å². The SMILES string of the molecule is CC(C)(C)c1ccc(N2c3cc(-n4c5ccc(C(C)(C)C)cc5c5cc(C(C)(C)C)ccc54)ccc3B3c4ccc(-c5cc(C#N)ccc5-n5c6ccccc6c6ccccc65)cc4N(c4ccccc4-c4ccccc4)c4cc(-c5cc(-n6c7ccccc7c7ccccc76)ccc5C#N)cc2c43)c(-c2ccccc2)c1. The van der Waals surface area contributed by atoms with Crippen LogP contribution in [0, 0.1) is 22.7 Å². The van der Waals surface area contributed by atoms with Crippen molar-refractivity contribution in [3.63, 3.8) is 0 Å². The molecular formula is C104H80BN7. The third-order valence-corrected chi connectivity index (χ3v) is 23.8. The molecule has 0 atom stereocenters. The Balaban J connectivity index is 0.938. The first-order valence-electron chi connectivity index (χ1n) is 38.9. The summed E-state index contributed by atoms with van der Waals surface area (Å²) in [6.07, 6.45) is 0. The lowest BCUT2D eigenvalue weighted by atomic mass is 9.33. The Morgan fingerprint density at radius 3 is 1.22 bits per heavy atom. The summed E-state index contributed by atoms with van der Waals surface area (Å²) in [4.78, 5) is 5.12. The van der Waals surface area contributed by atoms with Gasteiger partial charge in [0, 0.05) is 88.7 Å². The first-order chi connectivity index (χ1) is 54.4. The molecule has 0 saturated heterocycles. The van der Waals surface area contributed by atoms with Gasteiger partial charge >= 0.3 is 0 Å². The van der Waals surface area contributed by atoms with Gasteiger partial charge in [-0.3, -0.25) is 0 Å². The molecule has 0 radical (unpaired) electrons. The molecule has 3 aromatic heterocycles. The van der Waals surface area contributed by atoms with Crippen molar-refractivity contribution in [3.05, 3.63) is 349 Å². The second kappa shape index (κ2) is 25.5. The number of anilines is 6. The molecule has 0 aliphatic carbocycles. The highest BCUT2D eigenvalue weighted by Crippen LogP contribution is 2.53. The molecule has 5 heterocycles. The maximum Gasteiger partial charge on any atom is 0.252 e. The standard InChI is InChI=1S/C104H80BN7/c1-102(2,3)71-43-51-94(83(58-71)67-28-14-11-15-29-67)112-98-62-75(109-95-52-44-72(103(4,5)6)59-84(95)85-60-73(104(7,8)9)45-53-96(85)109)47-49-87(98)105-86-48-42-68(82-54-65(63-106)40-50-93(82)110-91-38-24-19-33-79(91)80-34-20-25-39-92(80)110)55-97(86)111(88-35-21-16-30-76(88)66-26-12-10-13-27-66)99-56-70(57-100(112)101(99)105)81-61-74(46-41-69(81)64-107)108-89-36-22-17-31-77(89)78-32-18-23-37-90(78)108/h10-62H,1-9H3. The van der Waals surface area contributed by atoms with Gasteiger partial charge in [0.1, 0.15) is 0 Å². The van der Waals surface area contributed by atoms with E-state index in [-0.39, 0.29) is 23.0 Å². The Hall–Kier alpha value is -13.7. The van der Waals surface area contributed by atoms with Crippen LogP contribution in [0.25, 0.3) is 127 Å². The molecule has 0 fully saturated rings. The van der Waals surface area contributed by atoms with E-state index in [2.05, 4.69) is 407 Å². The van der Waals surface area contributed by atoms with Crippen LogP contribution in [0.1, 0.15) is 90.1 Å². The fourth-order valence-corrected chi connectivity index (χ4v) is 18.2. The van der Waals surface area contributed by atoms with E-state index in [1.54, 1.807) is 0 Å². The average molecular weight is 1440 g/mol. The molecule has 7 nitrogen and oxygen atoms in total. The summed E-state index contributed by atoms with van der Waals surface area (Å²) in [7, 11) is 0. The molecule has 15 aromatic carbocycles. The van der Waals surface area contributed by atoms with Crippen molar-refractivity contribution in [2.24, 2.45) is 0 Å². The largest absolute Gasteiger partial charge is 0.311 e. The zero-order chi connectivity index (χ0) is 76.2. The van der Waals surface area contributed by atoms with Crippen LogP contribution < -0.4 is 26.2 Å². The summed E-state index contributed by atoms with van der Waals surface area (Å²) in [5, 5.41) is 30.0. The number of para-hydroxylation sites is 5. The molecule has 0 N–H and O–H groups in total. The zero-order valence-electron chi connectivity index (χ0n) is 64.3. The Morgan fingerprint density at radius 1 is 0.259 bits per heavy atom. The smallest absolute Gasteiger partial charge is 0.252 e. The Kier molecular flexibility index (Phi) is 15.4. The van der Waals surface area contributed by atoms with E-state index in [0.29, 0.717) is 11.1 Å². The van der Waals surface area contributed by atoms with E-state index >= 15 is 0 Å². The minimum absolute atomic E-state index is 0.0907. The lowest BCUT2D eigenvalue weighted by Gasteiger charge is -2.45. The van der Waals surface area contributed by atoms with Gasteiger partial charge in [0.25, 0.3) is 6.71 Å². The highest BCUT2D eigenvalue weighted by Gasteiger charge is 2.45. The molecule has 18 aromatic rings. The van der Waals surface area contributed by atoms with Crippen LogP contribution in [-0.4, -0.2) is 20.4 Å². The van der Waals surface area contributed by atoms with Crippen LogP contribution in [0.15, 0.2) is 322 Å². The lowest BCUT2D eigenvalue weighted by Crippen LogP contribution is -2.61. The molecule has 0 unspecified atom stereocenters. The minimum atomic E-state index is -0.360. The van der Waals surface area contributed by atoms with Crippen LogP contribution in [0.5, 0.6) is 0 Å². The first-order valence-corrected chi connectivity index (χ1v) is 38.9. The Morgan fingerprint density at radius 2 is 0.679 bits per heavy atom. The summed E-state index contributed by atoms with van der Waals surface area (Å²) in [5.41, 5.74) is 31.4. The number of rotatable bonds is 9. The summed E-state index contributed by atoms with van der Waals surface area (Å²) in [6, 6.07) is 124. The van der Waals surface area contributed by atoms with Crippen molar-refractivity contribution < 1.29 is 0 Å². The fourth-order valence-electron chi connectivity index (χ4n) is 18.2. The van der Waals surface area contributed by atoms with Gasteiger partial charge in [0.15, 0.2) is 0 Å². The predicted octanol–water partition coefficient (Wildman–Crippen LogP) is 25.4. The molecule has 0 spiro atoms. The number of hydrogen-bond acceptors (Lipinski definition) is 4. The van der Waals surface area contributed by atoms with Crippen LogP contribution in [-0.2, 0) is 16.2 Å². The summed E-state index contributed by atoms with van der Waals surface area (Å²) >= 11 is 0. The third kappa shape index (κ3) is 10.7. The molecule has 534 valence electrons. The van der Waals surface area contributed by atoms with Crippen LogP contribution in [0.4, 0.5) is 34.1 Å². The average Bonchev–Trinajstić information content (AvgIpc) is 0.884. The van der Waals surface area contributed by atoms with Gasteiger partial charge < -0.3 is 23.5 Å². The Bertz CT molecular complexity index is 6880. The van der Waals surface area contributed by atoms with E-state index in [9.17, 15) is 10.5 Å². The summed E-state index contributed by atoms with van der Waals surface area (Å²) in [6.45, 7) is 20.4.